The van der Waals surface area contributed by atoms with Crippen LogP contribution in [0.15, 0.2) is 12.2 Å². The first-order valence-corrected chi connectivity index (χ1v) is 2.93. The highest BCUT2D eigenvalue weighted by molar-refractivity contribution is 6.01. The highest BCUT2D eigenvalue weighted by Gasteiger charge is 2.04. The quantitative estimate of drug-likeness (QED) is 0.331. The number of hydrogen-bond acceptors (Lipinski definition) is 3. The van der Waals surface area contributed by atoms with Crippen molar-refractivity contribution in [1.82, 2.24) is 0 Å². The minimum atomic E-state index is -0.497. The van der Waals surface area contributed by atoms with Gasteiger partial charge in [-0.1, -0.05) is 6.08 Å². The molecule has 10 heavy (non-hydrogen) atoms. The number of ketones is 1. The van der Waals surface area contributed by atoms with Gasteiger partial charge in [-0.25, -0.2) is 0 Å². The van der Waals surface area contributed by atoms with E-state index in [2.05, 4.69) is 4.74 Å². The van der Waals surface area contributed by atoms with Crippen LogP contribution in [-0.2, 0) is 14.3 Å². The van der Waals surface area contributed by atoms with Crippen molar-refractivity contribution in [2.45, 2.75) is 13.3 Å². The molecule has 0 aliphatic heterocycles. The Bertz CT molecular complexity index is 158. The summed E-state index contributed by atoms with van der Waals surface area (Å²) in [5, 5.41) is 0. The molecular weight excluding hydrogens is 132 g/mol. The molecule has 0 aromatic rings. The van der Waals surface area contributed by atoms with Gasteiger partial charge in [0.25, 0.3) is 0 Å². The molecule has 0 aromatic heterocycles. The maximum absolute atomic E-state index is 10.6. The van der Waals surface area contributed by atoms with E-state index in [4.69, 9.17) is 0 Å². The number of hydrogen-bond donors (Lipinski definition) is 0. The highest BCUT2D eigenvalue weighted by atomic mass is 16.5. The molecule has 0 saturated heterocycles. The zero-order valence-corrected chi connectivity index (χ0v) is 6.09. The summed E-state index contributed by atoms with van der Waals surface area (Å²) in [6.07, 6.45) is 2.77. The van der Waals surface area contributed by atoms with Gasteiger partial charge >= 0.3 is 5.97 Å². The van der Waals surface area contributed by atoms with E-state index in [9.17, 15) is 9.59 Å². The molecule has 0 saturated carbocycles. The van der Waals surface area contributed by atoms with Crippen molar-refractivity contribution in [3.63, 3.8) is 0 Å². The van der Waals surface area contributed by atoms with E-state index in [0.717, 1.165) is 0 Å². The van der Waals surface area contributed by atoms with Crippen LogP contribution in [0.4, 0.5) is 0 Å². The molecule has 0 amide bonds. The van der Waals surface area contributed by atoms with E-state index in [1.807, 2.05) is 0 Å². The second-order valence-electron chi connectivity index (χ2n) is 1.72. The molecule has 0 aliphatic carbocycles. The van der Waals surface area contributed by atoms with Crippen LogP contribution < -0.4 is 0 Å². The Morgan fingerprint density at radius 3 is 2.50 bits per heavy atom. The topological polar surface area (TPSA) is 43.4 Å². The van der Waals surface area contributed by atoms with Crippen LogP contribution in [0.2, 0.25) is 0 Å². The molecule has 0 atom stereocenters. The fraction of sp³-hybridized carbons (Fsp3) is 0.429. The van der Waals surface area contributed by atoms with Crippen LogP contribution in [0.3, 0.4) is 0 Å². The Hall–Kier alpha value is -1.12. The summed E-state index contributed by atoms with van der Waals surface area (Å²) in [5.74, 6) is -0.725. The Kier molecular flexibility index (Phi) is 4.20. The summed E-state index contributed by atoms with van der Waals surface area (Å²) < 4.78 is 4.27. The maximum atomic E-state index is 10.6. The van der Waals surface area contributed by atoms with Crippen molar-refractivity contribution in [2.75, 3.05) is 7.11 Å². The SMILES string of the molecule is C/C=C/C(=O)CC(=O)OC. The number of ether oxygens (including phenoxy) is 1. The minimum Gasteiger partial charge on any atom is -0.469 e. The van der Waals surface area contributed by atoms with Gasteiger partial charge in [-0.05, 0) is 13.0 Å². The average molecular weight is 142 g/mol. The van der Waals surface area contributed by atoms with Crippen molar-refractivity contribution in [3.8, 4) is 0 Å². The number of carbonyl (C=O) groups excluding carboxylic acids is 2. The van der Waals surface area contributed by atoms with Crippen molar-refractivity contribution in [2.24, 2.45) is 0 Å². The molecule has 0 radical (unpaired) electrons. The third kappa shape index (κ3) is 3.83. The number of methoxy groups -OCH3 is 1. The van der Waals surface area contributed by atoms with Crippen molar-refractivity contribution in [3.05, 3.63) is 12.2 Å². The molecule has 0 N–H and O–H groups in total. The third-order valence-corrected chi connectivity index (χ3v) is 0.899. The second-order valence-corrected chi connectivity index (χ2v) is 1.72. The van der Waals surface area contributed by atoms with Gasteiger partial charge < -0.3 is 4.74 Å². The molecule has 0 aromatic carbocycles. The van der Waals surface area contributed by atoms with Gasteiger partial charge in [-0.2, -0.15) is 0 Å². The lowest BCUT2D eigenvalue weighted by molar-refractivity contribution is -0.142. The first kappa shape index (κ1) is 8.88. The van der Waals surface area contributed by atoms with Crippen LogP contribution in [0.1, 0.15) is 13.3 Å². The Morgan fingerprint density at radius 2 is 2.10 bits per heavy atom. The highest BCUT2D eigenvalue weighted by Crippen LogP contribution is 1.87. The Balaban J connectivity index is 3.68. The monoisotopic (exact) mass is 142 g/mol. The molecule has 3 heteroatoms. The van der Waals surface area contributed by atoms with Crippen LogP contribution in [0.5, 0.6) is 0 Å². The Morgan fingerprint density at radius 1 is 1.50 bits per heavy atom. The van der Waals surface area contributed by atoms with Crippen LogP contribution in [-0.4, -0.2) is 18.9 Å². The van der Waals surface area contributed by atoms with Crippen molar-refractivity contribution in [1.29, 1.82) is 0 Å². The summed E-state index contributed by atoms with van der Waals surface area (Å²) >= 11 is 0. The molecular formula is C7H10O3. The molecule has 56 valence electrons. The van der Waals surface area contributed by atoms with E-state index in [1.54, 1.807) is 13.0 Å². The molecule has 0 fully saturated rings. The van der Waals surface area contributed by atoms with E-state index < -0.39 is 5.97 Å². The molecule has 0 spiro atoms. The summed E-state index contributed by atoms with van der Waals surface area (Å²) in [4.78, 5) is 21.0. The van der Waals surface area contributed by atoms with E-state index >= 15 is 0 Å². The van der Waals surface area contributed by atoms with Gasteiger partial charge in [-0.15, -0.1) is 0 Å². The first-order valence-electron chi connectivity index (χ1n) is 2.93. The fourth-order valence-corrected chi connectivity index (χ4v) is 0.459. The van der Waals surface area contributed by atoms with Crippen molar-refractivity contribution >= 4 is 11.8 Å². The number of carbonyl (C=O) groups is 2. The molecule has 0 rings (SSSR count). The zero-order chi connectivity index (χ0) is 7.98. The predicted octanol–water partition coefficient (Wildman–Crippen LogP) is 0.695. The summed E-state index contributed by atoms with van der Waals surface area (Å²) in [6, 6.07) is 0. The van der Waals surface area contributed by atoms with Gasteiger partial charge in [0.15, 0.2) is 5.78 Å². The summed E-state index contributed by atoms with van der Waals surface area (Å²) in [6.45, 7) is 1.72. The van der Waals surface area contributed by atoms with E-state index in [-0.39, 0.29) is 12.2 Å². The fourth-order valence-electron chi connectivity index (χ4n) is 0.459. The smallest absolute Gasteiger partial charge is 0.313 e. The second kappa shape index (κ2) is 4.73. The van der Waals surface area contributed by atoms with Gasteiger partial charge in [0.05, 0.1) is 7.11 Å². The van der Waals surface area contributed by atoms with Crippen LogP contribution in [0, 0.1) is 0 Å². The lowest BCUT2D eigenvalue weighted by atomic mass is 10.3. The maximum Gasteiger partial charge on any atom is 0.313 e. The number of rotatable bonds is 3. The first-order chi connectivity index (χ1) is 4.70. The van der Waals surface area contributed by atoms with Gasteiger partial charge in [0, 0.05) is 0 Å². The van der Waals surface area contributed by atoms with E-state index in [0.29, 0.717) is 0 Å². The van der Waals surface area contributed by atoms with E-state index in [1.165, 1.54) is 13.2 Å². The lowest BCUT2D eigenvalue weighted by Crippen LogP contribution is -2.06. The minimum absolute atomic E-state index is 0.166. The average Bonchev–Trinajstić information content (AvgIpc) is 1.88. The zero-order valence-electron chi connectivity index (χ0n) is 6.09. The normalized spacial score (nSPS) is 9.80. The largest absolute Gasteiger partial charge is 0.469 e. The number of allylic oxidation sites excluding steroid dienone is 2. The van der Waals surface area contributed by atoms with Crippen LogP contribution >= 0.6 is 0 Å². The lowest BCUT2D eigenvalue weighted by Gasteiger charge is -1.92. The van der Waals surface area contributed by atoms with Crippen LogP contribution in [0.25, 0.3) is 0 Å². The van der Waals surface area contributed by atoms with Gasteiger partial charge in [0.1, 0.15) is 6.42 Å². The molecule has 3 nitrogen and oxygen atoms in total. The van der Waals surface area contributed by atoms with Crippen molar-refractivity contribution < 1.29 is 14.3 Å². The molecule has 0 heterocycles. The summed E-state index contributed by atoms with van der Waals surface area (Å²) in [5.41, 5.74) is 0. The molecule has 0 aliphatic rings. The molecule has 0 unspecified atom stereocenters. The standard InChI is InChI=1S/C7H10O3/c1-3-4-6(8)5-7(9)10-2/h3-4H,5H2,1-2H3/b4-3+. The summed E-state index contributed by atoms with van der Waals surface area (Å²) in [7, 11) is 1.26. The van der Waals surface area contributed by atoms with Gasteiger partial charge in [0.2, 0.25) is 0 Å². The Labute approximate surface area is 59.7 Å². The molecule has 0 bridgehead atoms. The van der Waals surface area contributed by atoms with Gasteiger partial charge in [-0.3, -0.25) is 9.59 Å². The number of esters is 1. The predicted molar refractivity (Wildman–Crippen MR) is 36.5 cm³/mol. The third-order valence-electron chi connectivity index (χ3n) is 0.899.